The van der Waals surface area contributed by atoms with Crippen molar-refractivity contribution in [1.82, 2.24) is 9.97 Å². The third-order valence-electron chi connectivity index (χ3n) is 3.85. The number of ether oxygens (including phenoxy) is 2. The summed E-state index contributed by atoms with van der Waals surface area (Å²) in [6.45, 7) is 7.51. The van der Waals surface area contributed by atoms with Crippen LogP contribution >= 0.6 is 0 Å². The van der Waals surface area contributed by atoms with E-state index in [-0.39, 0.29) is 24.0 Å². The highest BCUT2D eigenvalue weighted by Gasteiger charge is 2.36. The van der Waals surface area contributed by atoms with Crippen LogP contribution in [-0.2, 0) is 6.18 Å². The summed E-state index contributed by atoms with van der Waals surface area (Å²) in [7, 11) is 1.52. The lowest BCUT2D eigenvalue weighted by atomic mass is 10.2. The van der Waals surface area contributed by atoms with E-state index in [1.54, 1.807) is 31.2 Å². The van der Waals surface area contributed by atoms with Crippen LogP contribution in [0.5, 0.6) is 11.8 Å². The van der Waals surface area contributed by atoms with Crippen LogP contribution in [0.1, 0.15) is 39.7 Å². The Morgan fingerprint density at radius 3 is 2.22 bits per heavy atom. The van der Waals surface area contributed by atoms with Crippen LogP contribution in [0.4, 0.5) is 24.7 Å². The molecule has 0 aliphatic carbocycles. The van der Waals surface area contributed by atoms with Crippen molar-refractivity contribution in [1.29, 1.82) is 0 Å². The number of benzene rings is 1. The Hall–Kier alpha value is -2.51. The summed E-state index contributed by atoms with van der Waals surface area (Å²) in [6, 6.07) is 6.68. The minimum Gasteiger partial charge on any atom is -0.491 e. The molecule has 0 spiro atoms. The van der Waals surface area contributed by atoms with E-state index in [2.05, 4.69) is 9.97 Å². The number of alkyl halides is 3. The van der Waals surface area contributed by atoms with Gasteiger partial charge in [-0.3, -0.25) is 0 Å². The van der Waals surface area contributed by atoms with Gasteiger partial charge in [-0.25, -0.2) is 4.98 Å². The summed E-state index contributed by atoms with van der Waals surface area (Å²) in [6.07, 6.45) is -3.33. The maximum atomic E-state index is 13.4. The van der Waals surface area contributed by atoms with Crippen molar-refractivity contribution in [3.05, 3.63) is 36.0 Å². The normalized spacial score (nSPS) is 12.8. The second kappa shape index (κ2) is 8.45. The maximum absolute atomic E-state index is 13.4. The molecule has 0 saturated heterocycles. The SMILES string of the molecule is CCC(C)Oc1ncc(C(F)(F)F)c(N(C)c2ccc(OC(C)C)cc2)n1. The summed E-state index contributed by atoms with van der Waals surface area (Å²) in [5.74, 6) is 0.370. The van der Waals surface area contributed by atoms with Gasteiger partial charge >= 0.3 is 12.2 Å². The minimum atomic E-state index is -4.58. The Kier molecular flexibility index (Phi) is 6.51. The summed E-state index contributed by atoms with van der Waals surface area (Å²) < 4.78 is 51.3. The number of nitrogens with zero attached hydrogens (tertiary/aromatic N) is 3. The first-order chi connectivity index (χ1) is 12.6. The van der Waals surface area contributed by atoms with Crippen molar-refractivity contribution >= 4 is 11.5 Å². The monoisotopic (exact) mass is 383 g/mol. The molecule has 1 aromatic carbocycles. The molecular formula is C19H24F3N3O2. The molecule has 0 amide bonds. The van der Waals surface area contributed by atoms with Crippen molar-refractivity contribution in [3.63, 3.8) is 0 Å². The Balaban J connectivity index is 2.39. The summed E-state index contributed by atoms with van der Waals surface area (Å²) >= 11 is 0. The second-order valence-electron chi connectivity index (χ2n) is 6.44. The molecule has 0 saturated carbocycles. The Labute approximate surface area is 157 Å². The molecule has 1 aromatic heterocycles. The quantitative estimate of drug-likeness (QED) is 0.655. The van der Waals surface area contributed by atoms with Gasteiger partial charge < -0.3 is 14.4 Å². The highest BCUT2D eigenvalue weighted by atomic mass is 19.4. The highest BCUT2D eigenvalue weighted by Crippen LogP contribution is 2.38. The third kappa shape index (κ3) is 5.48. The molecule has 8 heteroatoms. The van der Waals surface area contributed by atoms with Crippen LogP contribution in [0.2, 0.25) is 0 Å². The molecule has 27 heavy (non-hydrogen) atoms. The summed E-state index contributed by atoms with van der Waals surface area (Å²) in [4.78, 5) is 9.09. The second-order valence-corrected chi connectivity index (χ2v) is 6.44. The van der Waals surface area contributed by atoms with Gasteiger partial charge in [-0.15, -0.1) is 0 Å². The average Bonchev–Trinajstić information content (AvgIpc) is 2.60. The molecule has 0 aliphatic heterocycles. The highest BCUT2D eigenvalue weighted by molar-refractivity contribution is 5.63. The predicted molar refractivity (Wildman–Crippen MR) is 97.7 cm³/mol. The Morgan fingerprint density at radius 2 is 1.70 bits per heavy atom. The van der Waals surface area contributed by atoms with Gasteiger partial charge in [0.2, 0.25) is 0 Å². The summed E-state index contributed by atoms with van der Waals surface area (Å²) in [5.41, 5.74) is -0.395. The first kappa shape index (κ1) is 20.8. The fourth-order valence-corrected chi connectivity index (χ4v) is 2.28. The lowest BCUT2D eigenvalue weighted by molar-refractivity contribution is -0.137. The van der Waals surface area contributed by atoms with Gasteiger partial charge in [0.15, 0.2) is 5.82 Å². The molecule has 0 radical (unpaired) electrons. The molecule has 0 aliphatic rings. The van der Waals surface area contributed by atoms with Crippen LogP contribution in [0.3, 0.4) is 0 Å². The molecule has 0 fully saturated rings. The lowest BCUT2D eigenvalue weighted by Crippen LogP contribution is -2.20. The molecule has 1 unspecified atom stereocenters. The molecule has 2 aromatic rings. The third-order valence-corrected chi connectivity index (χ3v) is 3.85. The van der Waals surface area contributed by atoms with E-state index in [0.717, 1.165) is 6.20 Å². The molecular weight excluding hydrogens is 359 g/mol. The molecule has 5 nitrogen and oxygen atoms in total. The number of aromatic nitrogens is 2. The molecule has 2 rings (SSSR count). The molecule has 148 valence electrons. The van der Waals surface area contributed by atoms with E-state index in [9.17, 15) is 13.2 Å². The number of halogens is 3. The fourth-order valence-electron chi connectivity index (χ4n) is 2.28. The van der Waals surface area contributed by atoms with Gasteiger partial charge in [-0.2, -0.15) is 18.2 Å². The number of anilines is 2. The van der Waals surface area contributed by atoms with Crippen molar-refractivity contribution in [2.45, 2.75) is 52.5 Å². The maximum Gasteiger partial charge on any atom is 0.421 e. The van der Waals surface area contributed by atoms with E-state index in [0.29, 0.717) is 17.9 Å². The zero-order valence-corrected chi connectivity index (χ0v) is 16.0. The van der Waals surface area contributed by atoms with Crippen LogP contribution in [0.25, 0.3) is 0 Å². The number of hydrogen-bond donors (Lipinski definition) is 0. The van der Waals surface area contributed by atoms with Gasteiger partial charge in [0.05, 0.1) is 12.2 Å². The zero-order valence-electron chi connectivity index (χ0n) is 16.0. The van der Waals surface area contributed by atoms with Crippen LogP contribution < -0.4 is 14.4 Å². The van der Waals surface area contributed by atoms with Crippen LogP contribution in [-0.4, -0.2) is 29.2 Å². The first-order valence-corrected chi connectivity index (χ1v) is 8.73. The predicted octanol–water partition coefficient (Wildman–Crippen LogP) is 5.23. The molecule has 0 bridgehead atoms. The van der Waals surface area contributed by atoms with E-state index in [1.807, 2.05) is 20.8 Å². The van der Waals surface area contributed by atoms with Gasteiger partial charge in [-0.1, -0.05) is 6.92 Å². The topological polar surface area (TPSA) is 47.5 Å². The number of hydrogen-bond acceptors (Lipinski definition) is 5. The van der Waals surface area contributed by atoms with E-state index >= 15 is 0 Å². The fraction of sp³-hybridized carbons (Fsp3) is 0.474. The van der Waals surface area contributed by atoms with Gasteiger partial charge in [-0.05, 0) is 51.5 Å². The number of rotatable bonds is 7. The van der Waals surface area contributed by atoms with Gasteiger partial charge in [0.25, 0.3) is 0 Å². The minimum absolute atomic E-state index is 0.00698. The summed E-state index contributed by atoms with van der Waals surface area (Å²) in [5, 5.41) is 0. The molecule has 0 N–H and O–H groups in total. The molecule has 1 atom stereocenters. The molecule has 1 heterocycles. The average molecular weight is 383 g/mol. The zero-order chi connectivity index (χ0) is 20.2. The van der Waals surface area contributed by atoms with Crippen molar-refractivity contribution in [3.8, 4) is 11.8 Å². The van der Waals surface area contributed by atoms with Crippen LogP contribution in [0, 0.1) is 0 Å². The Bertz CT molecular complexity index is 749. The smallest absolute Gasteiger partial charge is 0.421 e. The van der Waals surface area contributed by atoms with E-state index in [1.165, 1.54) is 11.9 Å². The first-order valence-electron chi connectivity index (χ1n) is 8.73. The van der Waals surface area contributed by atoms with E-state index < -0.39 is 11.7 Å². The standard InChI is InChI=1S/C19H24F3N3O2/c1-6-13(4)27-18-23-11-16(19(20,21)22)17(24-18)25(5)14-7-9-15(10-8-14)26-12(2)3/h7-13H,6H2,1-5H3. The van der Waals surface area contributed by atoms with Gasteiger partial charge in [0, 0.05) is 18.9 Å². The van der Waals surface area contributed by atoms with Gasteiger partial charge in [0.1, 0.15) is 11.3 Å². The van der Waals surface area contributed by atoms with Crippen molar-refractivity contribution < 1.29 is 22.6 Å². The Morgan fingerprint density at radius 1 is 1.07 bits per heavy atom. The van der Waals surface area contributed by atoms with E-state index in [4.69, 9.17) is 9.47 Å². The largest absolute Gasteiger partial charge is 0.491 e. The lowest BCUT2D eigenvalue weighted by Gasteiger charge is -2.23. The van der Waals surface area contributed by atoms with Crippen LogP contribution in [0.15, 0.2) is 30.5 Å². The van der Waals surface area contributed by atoms with Crippen molar-refractivity contribution in [2.24, 2.45) is 0 Å². The van der Waals surface area contributed by atoms with Crippen molar-refractivity contribution in [2.75, 3.05) is 11.9 Å².